The van der Waals surface area contributed by atoms with E-state index in [2.05, 4.69) is 4.72 Å². The lowest BCUT2D eigenvalue weighted by molar-refractivity contribution is 0.0692. The maximum absolute atomic E-state index is 13.8. The van der Waals surface area contributed by atoms with Gasteiger partial charge in [-0.1, -0.05) is 6.07 Å². The van der Waals surface area contributed by atoms with Gasteiger partial charge in [-0.15, -0.1) is 11.3 Å². The van der Waals surface area contributed by atoms with E-state index in [1.165, 1.54) is 18.2 Å². The number of anilines is 1. The lowest BCUT2D eigenvalue weighted by atomic mass is 10.1. The molecule has 1 aromatic carbocycles. The molecule has 0 aliphatic heterocycles. The standard InChI is InChI=1S/C13H12FNO5S2/c1-2-20-9-6-5-8(14)11(13(16)17)12(9)15-22(18,19)10-4-3-7-21-10/h3-7,15H,2H2,1H3,(H,16,17). The predicted molar refractivity (Wildman–Crippen MR) is 79.7 cm³/mol. The molecule has 0 fully saturated rings. The van der Waals surface area contributed by atoms with Gasteiger partial charge < -0.3 is 9.84 Å². The minimum Gasteiger partial charge on any atom is -0.492 e. The van der Waals surface area contributed by atoms with Gasteiger partial charge in [0.05, 0.1) is 6.61 Å². The van der Waals surface area contributed by atoms with Crippen molar-refractivity contribution in [3.63, 3.8) is 0 Å². The Balaban J connectivity index is 2.57. The van der Waals surface area contributed by atoms with E-state index < -0.39 is 33.1 Å². The van der Waals surface area contributed by atoms with Crippen LogP contribution in [0.15, 0.2) is 33.9 Å². The molecule has 22 heavy (non-hydrogen) atoms. The van der Waals surface area contributed by atoms with Gasteiger partial charge in [0.15, 0.2) is 0 Å². The maximum Gasteiger partial charge on any atom is 0.340 e. The smallest absolute Gasteiger partial charge is 0.340 e. The second kappa shape index (κ2) is 6.32. The minimum absolute atomic E-state index is 0.0180. The van der Waals surface area contributed by atoms with Crippen molar-refractivity contribution >= 4 is 33.0 Å². The van der Waals surface area contributed by atoms with E-state index in [1.54, 1.807) is 12.3 Å². The van der Waals surface area contributed by atoms with Crippen molar-refractivity contribution in [2.75, 3.05) is 11.3 Å². The fourth-order valence-electron chi connectivity index (χ4n) is 1.75. The summed E-state index contributed by atoms with van der Waals surface area (Å²) >= 11 is 0.954. The average Bonchev–Trinajstić information content (AvgIpc) is 2.96. The first-order chi connectivity index (χ1) is 10.4. The number of nitrogens with one attached hydrogen (secondary N) is 1. The van der Waals surface area contributed by atoms with Crippen molar-refractivity contribution in [1.82, 2.24) is 0 Å². The fourth-order valence-corrected chi connectivity index (χ4v) is 3.82. The molecule has 9 heteroatoms. The topological polar surface area (TPSA) is 92.7 Å². The molecule has 2 N–H and O–H groups in total. The number of hydrogen-bond donors (Lipinski definition) is 2. The number of carbonyl (C=O) groups is 1. The molecular formula is C13H12FNO5S2. The van der Waals surface area contributed by atoms with Crippen molar-refractivity contribution in [1.29, 1.82) is 0 Å². The lowest BCUT2D eigenvalue weighted by Crippen LogP contribution is -2.17. The Hall–Kier alpha value is -2.13. The number of aromatic carboxylic acids is 1. The van der Waals surface area contributed by atoms with Gasteiger partial charge in [-0.25, -0.2) is 17.6 Å². The Morgan fingerprint density at radius 2 is 2.14 bits per heavy atom. The molecule has 0 bridgehead atoms. The summed E-state index contributed by atoms with van der Waals surface area (Å²) in [6.45, 7) is 1.81. The molecule has 2 rings (SSSR count). The molecular weight excluding hydrogens is 333 g/mol. The number of benzene rings is 1. The average molecular weight is 345 g/mol. The molecule has 1 heterocycles. The highest BCUT2D eigenvalue weighted by molar-refractivity contribution is 7.94. The molecule has 0 aliphatic carbocycles. The summed E-state index contributed by atoms with van der Waals surface area (Å²) in [5.74, 6) is -2.70. The number of thiophene rings is 1. The van der Waals surface area contributed by atoms with Crippen molar-refractivity contribution in [2.45, 2.75) is 11.1 Å². The van der Waals surface area contributed by atoms with Crippen LogP contribution in [0.1, 0.15) is 17.3 Å². The molecule has 0 unspecified atom stereocenters. The molecule has 0 saturated heterocycles. The Morgan fingerprint density at radius 3 is 2.68 bits per heavy atom. The van der Waals surface area contributed by atoms with Gasteiger partial charge in [0.25, 0.3) is 10.0 Å². The summed E-state index contributed by atoms with van der Waals surface area (Å²) in [5, 5.41) is 10.7. The minimum atomic E-state index is -4.03. The largest absolute Gasteiger partial charge is 0.492 e. The first kappa shape index (κ1) is 16.2. The summed E-state index contributed by atoms with van der Waals surface area (Å²) in [6, 6.07) is 4.98. The zero-order chi connectivity index (χ0) is 16.3. The highest BCUT2D eigenvalue weighted by Crippen LogP contribution is 2.33. The Kier molecular flexibility index (Phi) is 4.67. The predicted octanol–water partition coefficient (Wildman–Crippen LogP) is 2.78. The zero-order valence-electron chi connectivity index (χ0n) is 11.4. The van der Waals surface area contributed by atoms with Crippen LogP contribution in [-0.4, -0.2) is 26.1 Å². The van der Waals surface area contributed by atoms with E-state index in [9.17, 15) is 17.6 Å². The van der Waals surface area contributed by atoms with Crippen LogP contribution < -0.4 is 9.46 Å². The molecule has 2 aromatic rings. The van der Waals surface area contributed by atoms with Crippen LogP contribution in [0.3, 0.4) is 0 Å². The third kappa shape index (κ3) is 3.20. The van der Waals surface area contributed by atoms with E-state index in [0.29, 0.717) is 0 Å². The summed E-state index contributed by atoms with van der Waals surface area (Å²) in [4.78, 5) is 11.2. The highest BCUT2D eigenvalue weighted by atomic mass is 32.2. The van der Waals surface area contributed by atoms with E-state index >= 15 is 0 Å². The number of carboxylic acids is 1. The molecule has 0 atom stereocenters. The van der Waals surface area contributed by atoms with E-state index in [1.807, 2.05) is 0 Å². The fraction of sp³-hybridized carbons (Fsp3) is 0.154. The SMILES string of the molecule is CCOc1ccc(F)c(C(=O)O)c1NS(=O)(=O)c1cccs1. The molecule has 1 aromatic heterocycles. The molecule has 0 aliphatic rings. The number of rotatable bonds is 6. The van der Waals surface area contributed by atoms with Gasteiger partial charge in [-0.05, 0) is 30.5 Å². The molecule has 0 radical (unpaired) electrons. The first-order valence-corrected chi connectivity index (χ1v) is 8.48. The normalized spacial score (nSPS) is 11.2. The molecule has 118 valence electrons. The van der Waals surface area contributed by atoms with Crippen molar-refractivity contribution in [3.05, 3.63) is 41.0 Å². The maximum atomic E-state index is 13.8. The van der Waals surface area contributed by atoms with Gasteiger partial charge in [-0.2, -0.15) is 0 Å². The third-order valence-electron chi connectivity index (χ3n) is 2.63. The van der Waals surface area contributed by atoms with Gasteiger partial charge in [0, 0.05) is 0 Å². The summed E-state index contributed by atoms with van der Waals surface area (Å²) in [6.07, 6.45) is 0. The van der Waals surface area contributed by atoms with Crippen LogP contribution in [0.25, 0.3) is 0 Å². The van der Waals surface area contributed by atoms with E-state index in [4.69, 9.17) is 9.84 Å². The third-order valence-corrected chi connectivity index (χ3v) is 5.37. The number of carboxylic acid groups (broad SMARTS) is 1. The zero-order valence-corrected chi connectivity index (χ0v) is 13.0. The van der Waals surface area contributed by atoms with Crippen molar-refractivity contribution < 1.29 is 27.4 Å². The number of ether oxygens (including phenoxy) is 1. The Labute approximate surface area is 130 Å². The number of sulfonamides is 1. The van der Waals surface area contributed by atoms with Crippen molar-refractivity contribution in [2.24, 2.45) is 0 Å². The van der Waals surface area contributed by atoms with Gasteiger partial charge in [0.1, 0.15) is 27.0 Å². The van der Waals surface area contributed by atoms with Gasteiger partial charge >= 0.3 is 5.97 Å². The second-order valence-corrected chi connectivity index (χ2v) is 6.93. The lowest BCUT2D eigenvalue weighted by Gasteiger charge is -2.15. The van der Waals surface area contributed by atoms with Gasteiger partial charge in [-0.3, -0.25) is 4.72 Å². The van der Waals surface area contributed by atoms with Crippen molar-refractivity contribution in [3.8, 4) is 5.75 Å². The summed E-state index contributed by atoms with van der Waals surface area (Å²) < 4.78 is 45.5. The highest BCUT2D eigenvalue weighted by Gasteiger charge is 2.25. The molecule has 6 nitrogen and oxygen atoms in total. The van der Waals surface area contributed by atoms with E-state index in [-0.39, 0.29) is 16.6 Å². The Bertz CT molecular complexity index is 787. The van der Waals surface area contributed by atoms with Crippen LogP contribution in [0, 0.1) is 5.82 Å². The van der Waals surface area contributed by atoms with Crippen LogP contribution in [0.4, 0.5) is 10.1 Å². The van der Waals surface area contributed by atoms with Gasteiger partial charge in [0.2, 0.25) is 0 Å². The number of hydrogen-bond acceptors (Lipinski definition) is 5. The number of halogens is 1. The first-order valence-electron chi connectivity index (χ1n) is 6.11. The van der Waals surface area contributed by atoms with Crippen LogP contribution in [0.2, 0.25) is 0 Å². The van der Waals surface area contributed by atoms with Crippen LogP contribution in [0.5, 0.6) is 5.75 Å². The Morgan fingerprint density at radius 1 is 1.41 bits per heavy atom. The van der Waals surface area contributed by atoms with Crippen LogP contribution >= 0.6 is 11.3 Å². The van der Waals surface area contributed by atoms with Crippen LogP contribution in [-0.2, 0) is 10.0 Å². The van der Waals surface area contributed by atoms with E-state index in [0.717, 1.165) is 17.4 Å². The second-order valence-electron chi connectivity index (χ2n) is 4.07. The monoisotopic (exact) mass is 345 g/mol. The summed E-state index contributed by atoms with van der Waals surface area (Å²) in [7, 11) is -4.03. The quantitative estimate of drug-likeness (QED) is 0.840. The molecule has 0 spiro atoms. The molecule has 0 amide bonds. The molecule has 0 saturated carbocycles. The summed E-state index contributed by atoms with van der Waals surface area (Å²) in [5.41, 5.74) is -1.21.